The van der Waals surface area contributed by atoms with Gasteiger partial charge >= 0.3 is 5.97 Å². The van der Waals surface area contributed by atoms with Gasteiger partial charge in [-0.15, -0.1) is 0 Å². The third kappa shape index (κ3) is 11.1. The summed E-state index contributed by atoms with van der Waals surface area (Å²) in [5.41, 5.74) is 12.0. The number of nitrogens with two attached hydrogens (primary N) is 2. The van der Waals surface area contributed by atoms with Crippen molar-refractivity contribution in [3.8, 4) is 0 Å². The van der Waals surface area contributed by atoms with E-state index < -0.39 is 54.0 Å². The van der Waals surface area contributed by atoms with Crippen molar-refractivity contribution in [1.82, 2.24) is 25.9 Å². The number of imidazole rings is 1. The van der Waals surface area contributed by atoms with E-state index in [0.29, 0.717) is 37.3 Å². The van der Waals surface area contributed by atoms with E-state index in [1.54, 1.807) is 11.8 Å². The van der Waals surface area contributed by atoms with Crippen LogP contribution in [0.25, 0.3) is 0 Å². The van der Waals surface area contributed by atoms with E-state index in [4.69, 9.17) is 11.5 Å². The predicted molar refractivity (Wildman–Crippen MR) is 131 cm³/mol. The number of carboxylic acids is 1. The number of aliphatic carboxylic acids is 1. The van der Waals surface area contributed by atoms with Crippen LogP contribution in [0.1, 0.15) is 38.3 Å². The zero-order valence-corrected chi connectivity index (χ0v) is 20.8. The molecule has 0 saturated heterocycles. The Labute approximate surface area is 208 Å². The van der Waals surface area contributed by atoms with Crippen molar-refractivity contribution in [2.75, 3.05) is 18.6 Å². The maximum Gasteiger partial charge on any atom is 0.328 e. The highest BCUT2D eigenvalue weighted by atomic mass is 32.2. The number of thioether (sulfide) groups is 1. The van der Waals surface area contributed by atoms with Gasteiger partial charge in [0.1, 0.15) is 12.1 Å². The molecule has 0 spiro atoms. The van der Waals surface area contributed by atoms with Gasteiger partial charge in [-0.2, -0.15) is 11.8 Å². The molecule has 1 heterocycles. The van der Waals surface area contributed by atoms with Gasteiger partial charge < -0.3 is 42.6 Å². The zero-order valence-electron chi connectivity index (χ0n) is 20.0. The molecule has 5 atom stereocenters. The average Bonchev–Trinajstić information content (AvgIpc) is 3.32. The molecule has 1 aromatic heterocycles. The number of carbonyl (C=O) groups excluding carboxylic acids is 3. The molecule has 14 heteroatoms. The van der Waals surface area contributed by atoms with Gasteiger partial charge in [-0.3, -0.25) is 14.4 Å². The number of aromatic amines is 1. The number of amides is 3. The summed E-state index contributed by atoms with van der Waals surface area (Å²) < 4.78 is 0. The van der Waals surface area contributed by atoms with Crippen LogP contribution in [0.5, 0.6) is 0 Å². The fraction of sp³-hybridized carbons (Fsp3) is 0.667. The summed E-state index contributed by atoms with van der Waals surface area (Å²) in [6, 6.07) is -4.54. The van der Waals surface area contributed by atoms with Crippen molar-refractivity contribution in [2.45, 2.75) is 69.3 Å². The molecular formula is C21H37N7O6S. The summed E-state index contributed by atoms with van der Waals surface area (Å²) in [6.45, 7) is 1.64. The van der Waals surface area contributed by atoms with Gasteiger partial charge in [-0.25, -0.2) is 9.78 Å². The molecular weight excluding hydrogens is 478 g/mol. The first-order valence-corrected chi connectivity index (χ1v) is 12.7. The van der Waals surface area contributed by atoms with E-state index in [9.17, 15) is 29.4 Å². The number of carbonyl (C=O) groups is 4. The minimum absolute atomic E-state index is 0.0274. The minimum atomic E-state index is -1.57. The Morgan fingerprint density at radius 1 is 1.09 bits per heavy atom. The summed E-state index contributed by atoms with van der Waals surface area (Å²) in [6.07, 6.45) is 5.24. The molecule has 198 valence electrons. The van der Waals surface area contributed by atoms with Crippen molar-refractivity contribution < 1.29 is 29.4 Å². The van der Waals surface area contributed by atoms with Gasteiger partial charge in [0.2, 0.25) is 17.7 Å². The quantitative estimate of drug-likeness (QED) is 0.107. The van der Waals surface area contributed by atoms with Gasteiger partial charge in [0.25, 0.3) is 0 Å². The van der Waals surface area contributed by atoms with Gasteiger partial charge in [0, 0.05) is 18.3 Å². The second-order valence-electron chi connectivity index (χ2n) is 8.14. The highest BCUT2D eigenvalue weighted by molar-refractivity contribution is 7.98. The number of aromatic nitrogens is 2. The molecule has 13 nitrogen and oxygen atoms in total. The van der Waals surface area contributed by atoms with Crippen molar-refractivity contribution in [2.24, 2.45) is 11.5 Å². The highest BCUT2D eigenvalue weighted by Gasteiger charge is 2.32. The van der Waals surface area contributed by atoms with Gasteiger partial charge in [-0.05, 0) is 51.2 Å². The summed E-state index contributed by atoms with van der Waals surface area (Å²) in [7, 11) is 0. The number of unbranched alkanes of at least 4 members (excludes halogenated alkanes) is 1. The smallest absolute Gasteiger partial charge is 0.328 e. The lowest BCUT2D eigenvalue weighted by Gasteiger charge is -2.25. The molecule has 1 rings (SSSR count). The first-order valence-electron chi connectivity index (χ1n) is 11.3. The van der Waals surface area contributed by atoms with Crippen LogP contribution in [0.3, 0.4) is 0 Å². The van der Waals surface area contributed by atoms with E-state index >= 15 is 0 Å². The van der Waals surface area contributed by atoms with Crippen LogP contribution in [0.2, 0.25) is 0 Å². The van der Waals surface area contributed by atoms with E-state index in [1.165, 1.54) is 19.4 Å². The van der Waals surface area contributed by atoms with Crippen molar-refractivity contribution in [3.63, 3.8) is 0 Å². The largest absolute Gasteiger partial charge is 0.480 e. The Balaban J connectivity index is 3.03. The molecule has 0 bridgehead atoms. The second-order valence-corrected chi connectivity index (χ2v) is 9.13. The minimum Gasteiger partial charge on any atom is -0.480 e. The van der Waals surface area contributed by atoms with E-state index in [1.807, 2.05) is 6.26 Å². The Kier molecular flexibility index (Phi) is 13.9. The number of rotatable bonds is 17. The number of H-pyrrole nitrogens is 1. The predicted octanol–water partition coefficient (Wildman–Crippen LogP) is -1.92. The summed E-state index contributed by atoms with van der Waals surface area (Å²) >= 11 is 1.55. The van der Waals surface area contributed by atoms with E-state index in [2.05, 4.69) is 25.9 Å². The van der Waals surface area contributed by atoms with Crippen LogP contribution in [0.15, 0.2) is 12.5 Å². The van der Waals surface area contributed by atoms with E-state index in [-0.39, 0.29) is 12.8 Å². The second kappa shape index (κ2) is 16.1. The van der Waals surface area contributed by atoms with Crippen molar-refractivity contribution in [1.29, 1.82) is 0 Å². The third-order valence-electron chi connectivity index (χ3n) is 5.21. The molecule has 0 saturated carbocycles. The van der Waals surface area contributed by atoms with Gasteiger partial charge in [0.05, 0.1) is 18.5 Å². The number of hydrogen-bond donors (Lipinski definition) is 8. The molecule has 10 N–H and O–H groups in total. The zero-order chi connectivity index (χ0) is 26.4. The number of nitrogens with zero attached hydrogens (tertiary/aromatic N) is 1. The molecule has 0 aromatic carbocycles. The number of carboxylic acid groups (broad SMARTS) is 1. The number of hydrogen-bond acceptors (Lipinski definition) is 9. The number of aliphatic hydroxyl groups is 1. The lowest BCUT2D eigenvalue weighted by molar-refractivity contribution is -0.145. The first kappa shape index (κ1) is 30.4. The molecule has 1 aromatic rings. The molecule has 0 unspecified atom stereocenters. The highest BCUT2D eigenvalue weighted by Crippen LogP contribution is 2.07. The average molecular weight is 516 g/mol. The van der Waals surface area contributed by atoms with Crippen molar-refractivity contribution in [3.05, 3.63) is 18.2 Å². The molecule has 0 fully saturated rings. The molecule has 0 aliphatic rings. The maximum absolute atomic E-state index is 13.1. The molecule has 3 amide bonds. The van der Waals surface area contributed by atoms with Crippen LogP contribution in [0.4, 0.5) is 0 Å². The lowest BCUT2D eigenvalue weighted by atomic mass is 10.0. The van der Waals surface area contributed by atoms with E-state index in [0.717, 1.165) is 0 Å². The lowest BCUT2D eigenvalue weighted by Crippen LogP contribution is -2.58. The molecule has 0 aliphatic heterocycles. The molecule has 35 heavy (non-hydrogen) atoms. The number of nitrogens with one attached hydrogen (secondary N) is 4. The first-order chi connectivity index (χ1) is 16.6. The molecule has 0 radical (unpaired) electrons. The van der Waals surface area contributed by atoms with Crippen LogP contribution in [0, 0.1) is 0 Å². The Morgan fingerprint density at radius 3 is 2.29 bits per heavy atom. The fourth-order valence-corrected chi connectivity index (χ4v) is 3.65. The topological polar surface area (TPSA) is 226 Å². The fourth-order valence-electron chi connectivity index (χ4n) is 3.16. The third-order valence-corrected chi connectivity index (χ3v) is 5.85. The standard InChI is InChI=1S/C21H37N7O6S/c1-12(29)17(21(33)34)28-20(32)16(9-13-10-24-11-25-13)27-19(31)15(5-3-4-7-22)26-18(30)14(23)6-8-35-2/h10-12,14-17,29H,3-9,22-23H2,1-2H3,(H,24,25)(H,26,30)(H,27,31)(H,28,32)(H,33,34)/t12-,14+,15+,16+,17+/m1/s1. The SMILES string of the molecule is CSCC[C@H](N)C(=O)N[C@@H](CCCCN)C(=O)N[C@@H](Cc1cnc[nH]1)C(=O)N[C@H](C(=O)O)[C@@H](C)O. The molecule has 0 aliphatic carbocycles. The number of aliphatic hydroxyl groups excluding tert-OH is 1. The Hall–Kier alpha value is -2.68. The van der Waals surface area contributed by atoms with Crippen LogP contribution in [-0.2, 0) is 25.6 Å². The summed E-state index contributed by atoms with van der Waals surface area (Å²) in [5, 5.41) is 26.5. The normalized spacial score (nSPS) is 15.3. The summed E-state index contributed by atoms with van der Waals surface area (Å²) in [4.78, 5) is 56.7. The van der Waals surface area contributed by atoms with Gasteiger partial charge in [0.15, 0.2) is 6.04 Å². The van der Waals surface area contributed by atoms with Crippen molar-refractivity contribution >= 4 is 35.5 Å². The Morgan fingerprint density at radius 2 is 1.74 bits per heavy atom. The maximum atomic E-state index is 13.1. The summed E-state index contributed by atoms with van der Waals surface area (Å²) in [5.74, 6) is -2.67. The van der Waals surface area contributed by atoms with Crippen LogP contribution in [-0.4, -0.2) is 92.7 Å². The monoisotopic (exact) mass is 515 g/mol. The van der Waals surface area contributed by atoms with Gasteiger partial charge in [-0.1, -0.05) is 0 Å². The van der Waals surface area contributed by atoms with Crippen LogP contribution < -0.4 is 27.4 Å². The Bertz CT molecular complexity index is 808. The van der Waals surface area contributed by atoms with Crippen LogP contribution >= 0.6 is 11.8 Å².